The van der Waals surface area contributed by atoms with E-state index < -0.39 is 8.80 Å². The van der Waals surface area contributed by atoms with Crippen LogP contribution in [0.2, 0.25) is 6.04 Å². The minimum Gasteiger partial charge on any atom is -0.373 e. The fourth-order valence-electron chi connectivity index (χ4n) is 3.47. The van der Waals surface area contributed by atoms with E-state index in [1.165, 1.54) is 57.8 Å². The number of rotatable bonds is 16. The Bertz CT molecular complexity index is 353. The first kappa shape index (κ1) is 26.4. The molecule has 1 heterocycles. The summed E-state index contributed by atoms with van der Waals surface area (Å²) in [4.78, 5) is 0. The summed E-state index contributed by atoms with van der Waals surface area (Å²) in [5.41, 5.74) is 3.15. The number of hydrogen-bond donors (Lipinski definition) is 2. The molecular formula is C22H47NO3SSi. The Balaban J connectivity index is 2.23. The first-order valence-electron chi connectivity index (χ1n) is 12.0. The molecule has 0 bridgehead atoms. The van der Waals surface area contributed by atoms with E-state index in [-0.39, 0.29) is 0 Å². The third kappa shape index (κ3) is 12.9. The van der Waals surface area contributed by atoms with Crippen LogP contribution in [-0.4, -0.2) is 33.8 Å². The third-order valence-corrected chi connectivity index (χ3v) is 8.93. The number of hydrogen-bond acceptors (Lipinski definition) is 5. The van der Waals surface area contributed by atoms with Gasteiger partial charge in [0.05, 0.1) is 0 Å². The highest BCUT2D eigenvalue weighted by atomic mass is 32.1. The van der Waals surface area contributed by atoms with Gasteiger partial charge in [-0.05, 0) is 31.6 Å². The van der Waals surface area contributed by atoms with Crippen molar-refractivity contribution in [1.29, 1.82) is 0 Å². The smallest absolute Gasteiger partial charge is 0.373 e. The zero-order valence-electron chi connectivity index (χ0n) is 18.8. The number of nitrogens with one attached hydrogen (secondary N) is 1. The highest BCUT2D eigenvalue weighted by molar-refractivity contribution is 7.80. The molecule has 3 atom stereocenters. The average Bonchev–Trinajstić information content (AvgIpc) is 2.68. The normalized spacial score (nSPS) is 24.6. The molecule has 1 N–H and O–H groups in total. The van der Waals surface area contributed by atoms with Crippen molar-refractivity contribution >= 4 is 21.4 Å². The van der Waals surface area contributed by atoms with Gasteiger partial charge in [0.25, 0.3) is 0 Å². The molecule has 0 aliphatic carbocycles. The molecule has 0 saturated carbocycles. The van der Waals surface area contributed by atoms with Gasteiger partial charge in [-0.15, -0.1) is 0 Å². The standard InChI is InChI=1S/C22H47NO3SSi/c1-4-6-7-8-9-10-11-12-13-14-17-24-28(19-16-22(27)5-2)25-18-15-21(3)20-23-26-28/h21-23,27H,4-20H2,1-3H3. The molecule has 1 fully saturated rings. The average molecular weight is 434 g/mol. The molecule has 0 aromatic rings. The van der Waals surface area contributed by atoms with E-state index in [0.717, 1.165) is 51.5 Å². The summed E-state index contributed by atoms with van der Waals surface area (Å²) < 4.78 is 18.6. The number of hydroxylamine groups is 1. The minimum absolute atomic E-state index is 0.391. The Morgan fingerprint density at radius 2 is 1.68 bits per heavy atom. The molecule has 28 heavy (non-hydrogen) atoms. The summed E-state index contributed by atoms with van der Waals surface area (Å²) in [6, 6.07) is 0.855. The third-order valence-electron chi connectivity index (χ3n) is 5.67. The monoisotopic (exact) mass is 433 g/mol. The molecule has 1 saturated heterocycles. The zero-order valence-corrected chi connectivity index (χ0v) is 20.7. The van der Waals surface area contributed by atoms with Gasteiger partial charge in [0, 0.05) is 31.1 Å². The Kier molecular flexibility index (Phi) is 16.2. The van der Waals surface area contributed by atoms with Crippen LogP contribution >= 0.6 is 12.6 Å². The Hall–Kier alpha value is 0.407. The van der Waals surface area contributed by atoms with Crippen molar-refractivity contribution < 1.29 is 13.4 Å². The molecule has 0 radical (unpaired) electrons. The van der Waals surface area contributed by atoms with Crippen LogP contribution in [0.3, 0.4) is 0 Å². The summed E-state index contributed by atoms with van der Waals surface area (Å²) in [6.45, 7) is 9.05. The maximum absolute atomic E-state index is 6.31. The first-order valence-corrected chi connectivity index (χ1v) is 14.4. The van der Waals surface area contributed by atoms with Gasteiger partial charge in [0.1, 0.15) is 0 Å². The lowest BCUT2D eigenvalue weighted by Crippen LogP contribution is -2.52. The largest absolute Gasteiger partial charge is 0.517 e. The van der Waals surface area contributed by atoms with Crippen LogP contribution in [0.15, 0.2) is 0 Å². The molecular weight excluding hydrogens is 386 g/mol. The molecule has 168 valence electrons. The van der Waals surface area contributed by atoms with Crippen molar-refractivity contribution in [2.45, 2.75) is 116 Å². The van der Waals surface area contributed by atoms with Crippen LogP contribution in [0.5, 0.6) is 0 Å². The summed E-state index contributed by atoms with van der Waals surface area (Å²) in [5.74, 6) is 0.572. The molecule has 3 unspecified atom stereocenters. The van der Waals surface area contributed by atoms with Crippen molar-refractivity contribution in [1.82, 2.24) is 5.48 Å². The van der Waals surface area contributed by atoms with Crippen LogP contribution in [-0.2, 0) is 13.4 Å². The van der Waals surface area contributed by atoms with Crippen molar-refractivity contribution in [3.8, 4) is 0 Å². The molecule has 1 aliphatic heterocycles. The fourth-order valence-corrected chi connectivity index (χ4v) is 6.33. The maximum Gasteiger partial charge on any atom is 0.517 e. The minimum atomic E-state index is -2.63. The lowest BCUT2D eigenvalue weighted by molar-refractivity contribution is -0.00196. The molecule has 1 rings (SSSR count). The van der Waals surface area contributed by atoms with Crippen molar-refractivity contribution in [2.24, 2.45) is 5.92 Å². The lowest BCUT2D eigenvalue weighted by Gasteiger charge is -2.33. The van der Waals surface area contributed by atoms with Crippen molar-refractivity contribution in [3.05, 3.63) is 0 Å². The summed E-state index contributed by atoms with van der Waals surface area (Å²) in [7, 11) is -2.63. The van der Waals surface area contributed by atoms with E-state index in [0.29, 0.717) is 11.2 Å². The highest BCUT2D eigenvalue weighted by Crippen LogP contribution is 2.24. The first-order chi connectivity index (χ1) is 13.6. The SMILES string of the molecule is CCCCCCCCCCCCO[Si]1(CCC(S)CC)OCCC(C)CNO1. The maximum atomic E-state index is 6.31. The predicted octanol–water partition coefficient (Wildman–Crippen LogP) is 6.54. The molecule has 0 spiro atoms. The van der Waals surface area contributed by atoms with E-state index in [2.05, 4.69) is 38.9 Å². The van der Waals surface area contributed by atoms with E-state index in [9.17, 15) is 0 Å². The fraction of sp³-hybridized carbons (Fsp3) is 1.00. The number of unbranched alkanes of at least 4 members (excludes halogenated alkanes) is 9. The Morgan fingerprint density at radius 1 is 1.04 bits per heavy atom. The van der Waals surface area contributed by atoms with Crippen molar-refractivity contribution in [3.63, 3.8) is 0 Å². The van der Waals surface area contributed by atoms with Crippen LogP contribution in [0.4, 0.5) is 0 Å². The molecule has 6 heteroatoms. The Morgan fingerprint density at radius 3 is 2.32 bits per heavy atom. The van der Waals surface area contributed by atoms with Crippen LogP contribution < -0.4 is 5.48 Å². The molecule has 0 aromatic heterocycles. The van der Waals surface area contributed by atoms with Gasteiger partial charge in [0.2, 0.25) is 0 Å². The van der Waals surface area contributed by atoms with Gasteiger partial charge >= 0.3 is 8.80 Å². The van der Waals surface area contributed by atoms with Gasteiger partial charge < -0.3 is 8.85 Å². The van der Waals surface area contributed by atoms with Gasteiger partial charge in [-0.25, -0.2) is 5.48 Å². The van der Waals surface area contributed by atoms with Gasteiger partial charge in [-0.3, -0.25) is 4.53 Å². The van der Waals surface area contributed by atoms with E-state index in [1.54, 1.807) is 0 Å². The van der Waals surface area contributed by atoms with Crippen LogP contribution in [0, 0.1) is 5.92 Å². The second kappa shape index (κ2) is 17.1. The topological polar surface area (TPSA) is 39.7 Å². The van der Waals surface area contributed by atoms with Crippen LogP contribution in [0.1, 0.15) is 104 Å². The predicted molar refractivity (Wildman–Crippen MR) is 125 cm³/mol. The summed E-state index contributed by atoms with van der Waals surface area (Å²) in [5, 5.41) is 0.391. The lowest BCUT2D eigenvalue weighted by atomic mass is 10.1. The van der Waals surface area contributed by atoms with Gasteiger partial charge in [-0.1, -0.05) is 78.6 Å². The van der Waals surface area contributed by atoms with Crippen LogP contribution in [0.25, 0.3) is 0 Å². The van der Waals surface area contributed by atoms with Gasteiger partial charge in [0.15, 0.2) is 0 Å². The van der Waals surface area contributed by atoms with E-state index in [4.69, 9.17) is 13.4 Å². The summed E-state index contributed by atoms with van der Waals surface area (Å²) >= 11 is 4.65. The van der Waals surface area contributed by atoms with E-state index in [1.807, 2.05) is 0 Å². The molecule has 1 aliphatic rings. The second-order valence-electron chi connectivity index (χ2n) is 8.51. The number of thiol groups is 1. The van der Waals surface area contributed by atoms with Gasteiger partial charge in [-0.2, -0.15) is 12.6 Å². The Labute approximate surface area is 181 Å². The summed E-state index contributed by atoms with van der Waals surface area (Å²) in [6.07, 6.45) is 16.5. The highest BCUT2D eigenvalue weighted by Gasteiger charge is 2.43. The van der Waals surface area contributed by atoms with Crippen molar-refractivity contribution in [2.75, 3.05) is 19.8 Å². The van der Waals surface area contributed by atoms with E-state index >= 15 is 0 Å². The molecule has 4 nitrogen and oxygen atoms in total. The molecule has 0 amide bonds. The second-order valence-corrected chi connectivity index (χ2v) is 11.9. The zero-order chi connectivity index (χ0) is 20.5. The molecule has 0 aromatic carbocycles. The quantitative estimate of drug-likeness (QED) is 0.165.